The van der Waals surface area contributed by atoms with E-state index in [1.54, 1.807) is 60.9 Å². The van der Waals surface area contributed by atoms with E-state index in [0.717, 1.165) is 5.56 Å². The van der Waals surface area contributed by atoms with E-state index in [-0.39, 0.29) is 17.7 Å². The maximum Gasteiger partial charge on any atom is 0.299 e. The van der Waals surface area contributed by atoms with E-state index in [2.05, 4.69) is 20.7 Å². The predicted octanol–water partition coefficient (Wildman–Crippen LogP) is 4.74. The third-order valence-electron chi connectivity index (χ3n) is 4.95. The first-order valence-corrected chi connectivity index (χ1v) is 11.4. The van der Waals surface area contributed by atoms with Gasteiger partial charge in [0.2, 0.25) is 0 Å². The molecule has 9 heteroatoms. The molecule has 0 saturated heterocycles. The first kappa shape index (κ1) is 24.0. The fourth-order valence-electron chi connectivity index (χ4n) is 3.33. The lowest BCUT2D eigenvalue weighted by atomic mass is 10.1. The van der Waals surface area contributed by atoms with Gasteiger partial charge in [0.1, 0.15) is 0 Å². The van der Waals surface area contributed by atoms with Crippen LogP contribution in [0.25, 0.3) is 5.69 Å². The smallest absolute Gasteiger partial charge is 0.299 e. The van der Waals surface area contributed by atoms with Crippen LogP contribution in [0.15, 0.2) is 84.0 Å². The number of rotatable bonds is 8. The average molecular weight is 490 g/mol. The molecule has 4 rings (SSSR count). The number of anilines is 2. The summed E-state index contributed by atoms with van der Waals surface area (Å²) in [5.74, 6) is 0.0612. The van der Waals surface area contributed by atoms with Crippen LogP contribution in [0.5, 0.6) is 5.75 Å². The Kier molecular flexibility index (Phi) is 7.42. The van der Waals surface area contributed by atoms with Crippen LogP contribution in [0.1, 0.15) is 29.8 Å². The van der Waals surface area contributed by atoms with Crippen molar-refractivity contribution in [2.45, 2.75) is 26.5 Å². The fourth-order valence-corrected chi connectivity index (χ4v) is 3.46. The number of aromatic nitrogens is 3. The molecule has 0 bridgehead atoms. The summed E-state index contributed by atoms with van der Waals surface area (Å²) in [5.41, 5.74) is 2.25. The Hall–Kier alpha value is -4.17. The molecule has 2 aromatic heterocycles. The molecule has 2 heterocycles. The highest BCUT2D eigenvalue weighted by molar-refractivity contribution is 6.30. The number of carbonyl (C=O) groups is 1. The number of benzene rings is 2. The van der Waals surface area contributed by atoms with Crippen molar-refractivity contribution in [1.29, 1.82) is 0 Å². The summed E-state index contributed by atoms with van der Waals surface area (Å²) in [6, 6.07) is 17.4. The lowest BCUT2D eigenvalue weighted by Gasteiger charge is -2.16. The molecular weight excluding hydrogens is 466 g/mol. The number of hydrogen-bond donors (Lipinski definition) is 2. The highest BCUT2D eigenvalue weighted by Gasteiger charge is 2.16. The van der Waals surface area contributed by atoms with Gasteiger partial charge in [-0.05, 0) is 67.9 Å². The van der Waals surface area contributed by atoms with Crippen molar-refractivity contribution in [3.63, 3.8) is 0 Å². The van der Waals surface area contributed by atoms with Crippen LogP contribution in [-0.4, -0.2) is 26.8 Å². The second kappa shape index (κ2) is 10.8. The van der Waals surface area contributed by atoms with Gasteiger partial charge in [-0.2, -0.15) is 9.78 Å². The molecule has 0 radical (unpaired) electrons. The first-order valence-electron chi connectivity index (χ1n) is 11.0. The van der Waals surface area contributed by atoms with E-state index >= 15 is 0 Å². The fraction of sp³-hybridized carbons (Fsp3) is 0.154. The number of amides is 1. The van der Waals surface area contributed by atoms with Gasteiger partial charge in [-0.3, -0.25) is 14.6 Å². The number of pyridine rings is 1. The normalized spacial score (nSPS) is 10.7. The van der Waals surface area contributed by atoms with E-state index in [4.69, 9.17) is 16.3 Å². The zero-order valence-electron chi connectivity index (χ0n) is 19.2. The lowest BCUT2D eigenvalue weighted by Crippen LogP contribution is -2.25. The van der Waals surface area contributed by atoms with Gasteiger partial charge in [-0.1, -0.05) is 23.7 Å². The van der Waals surface area contributed by atoms with Crippen molar-refractivity contribution in [2.75, 3.05) is 5.32 Å². The van der Waals surface area contributed by atoms with Gasteiger partial charge >= 0.3 is 0 Å². The minimum absolute atomic E-state index is 0.173. The zero-order chi connectivity index (χ0) is 24.8. The highest BCUT2D eigenvalue weighted by atomic mass is 35.5. The number of carbonyl (C=O) groups excluding carboxylic acids is 1. The second-order valence-electron chi connectivity index (χ2n) is 7.99. The van der Waals surface area contributed by atoms with E-state index < -0.39 is 5.56 Å². The van der Waals surface area contributed by atoms with Crippen molar-refractivity contribution in [3.05, 3.63) is 106 Å². The molecule has 0 fully saturated rings. The topological polar surface area (TPSA) is 98.1 Å². The lowest BCUT2D eigenvalue weighted by molar-refractivity contribution is 0.0951. The van der Waals surface area contributed by atoms with Crippen LogP contribution in [0.4, 0.5) is 11.4 Å². The molecule has 0 saturated carbocycles. The Morgan fingerprint density at radius 2 is 1.89 bits per heavy atom. The Morgan fingerprint density at radius 1 is 1.09 bits per heavy atom. The standard InChI is InChI=1S/C26H24ClN5O3/c1-17(2)35-23-16-30-32(22-10-8-20(27)9-11-22)26(34)24(23)31-21-7-3-6-19(13-21)25(33)29-15-18-5-4-12-28-14-18/h3-14,16-17,31H,15H2,1-2H3,(H,29,33). The summed E-state index contributed by atoms with van der Waals surface area (Å²) in [5, 5.41) is 10.8. The Bertz CT molecular complexity index is 1370. The van der Waals surface area contributed by atoms with Crippen LogP contribution in [0.2, 0.25) is 5.02 Å². The molecule has 2 N–H and O–H groups in total. The molecule has 2 aromatic carbocycles. The predicted molar refractivity (Wildman–Crippen MR) is 136 cm³/mol. The summed E-state index contributed by atoms with van der Waals surface area (Å²) < 4.78 is 7.09. The SMILES string of the molecule is CC(C)Oc1cnn(-c2ccc(Cl)cc2)c(=O)c1Nc1cccc(C(=O)NCc2cccnc2)c1. The third kappa shape index (κ3) is 6.04. The first-order chi connectivity index (χ1) is 16.9. The van der Waals surface area contributed by atoms with Crippen molar-refractivity contribution >= 4 is 28.9 Å². The molecule has 0 atom stereocenters. The quantitative estimate of drug-likeness (QED) is 0.371. The van der Waals surface area contributed by atoms with Gasteiger partial charge in [0, 0.05) is 35.2 Å². The number of nitrogens with one attached hydrogen (secondary N) is 2. The number of nitrogens with zero attached hydrogens (tertiary/aromatic N) is 3. The number of hydrogen-bond acceptors (Lipinski definition) is 6. The Morgan fingerprint density at radius 3 is 2.60 bits per heavy atom. The van der Waals surface area contributed by atoms with Gasteiger partial charge in [0.05, 0.1) is 18.0 Å². The molecule has 1 amide bonds. The second-order valence-corrected chi connectivity index (χ2v) is 8.43. The van der Waals surface area contributed by atoms with Gasteiger partial charge in [-0.25, -0.2) is 0 Å². The molecule has 0 aliphatic rings. The zero-order valence-corrected chi connectivity index (χ0v) is 20.0. The molecule has 0 spiro atoms. The highest BCUT2D eigenvalue weighted by Crippen LogP contribution is 2.25. The average Bonchev–Trinajstić information content (AvgIpc) is 2.86. The minimum atomic E-state index is -0.406. The summed E-state index contributed by atoms with van der Waals surface area (Å²) in [6.07, 6.45) is 4.69. The molecule has 35 heavy (non-hydrogen) atoms. The summed E-state index contributed by atoms with van der Waals surface area (Å²) in [7, 11) is 0. The van der Waals surface area contributed by atoms with Crippen molar-refractivity contribution < 1.29 is 9.53 Å². The third-order valence-corrected chi connectivity index (χ3v) is 5.20. The molecule has 4 aromatic rings. The summed E-state index contributed by atoms with van der Waals surface area (Å²) in [6.45, 7) is 4.08. The Labute approximate surface area is 207 Å². The van der Waals surface area contributed by atoms with E-state index in [9.17, 15) is 9.59 Å². The Balaban J connectivity index is 1.62. The van der Waals surface area contributed by atoms with Crippen LogP contribution >= 0.6 is 11.6 Å². The van der Waals surface area contributed by atoms with Crippen LogP contribution in [-0.2, 0) is 6.54 Å². The summed E-state index contributed by atoms with van der Waals surface area (Å²) in [4.78, 5) is 30.1. The van der Waals surface area contributed by atoms with Gasteiger partial charge < -0.3 is 15.4 Å². The maximum absolute atomic E-state index is 13.4. The van der Waals surface area contributed by atoms with Gasteiger partial charge in [0.25, 0.3) is 11.5 Å². The number of halogens is 1. The van der Waals surface area contributed by atoms with E-state index in [0.29, 0.717) is 34.3 Å². The molecule has 8 nitrogen and oxygen atoms in total. The van der Waals surface area contributed by atoms with Crippen LogP contribution in [0, 0.1) is 0 Å². The monoisotopic (exact) mass is 489 g/mol. The molecule has 178 valence electrons. The van der Waals surface area contributed by atoms with Crippen molar-refractivity contribution in [2.24, 2.45) is 0 Å². The minimum Gasteiger partial charge on any atom is -0.487 e. The molecule has 0 aliphatic carbocycles. The van der Waals surface area contributed by atoms with Crippen LogP contribution in [0.3, 0.4) is 0 Å². The van der Waals surface area contributed by atoms with E-state index in [1.165, 1.54) is 10.9 Å². The summed E-state index contributed by atoms with van der Waals surface area (Å²) >= 11 is 5.98. The number of ether oxygens (including phenoxy) is 1. The van der Waals surface area contributed by atoms with E-state index in [1.807, 2.05) is 26.0 Å². The maximum atomic E-state index is 13.4. The molecular formula is C26H24ClN5O3. The molecule has 0 unspecified atom stereocenters. The van der Waals surface area contributed by atoms with Crippen molar-refractivity contribution in [1.82, 2.24) is 20.1 Å². The van der Waals surface area contributed by atoms with Crippen molar-refractivity contribution in [3.8, 4) is 11.4 Å². The molecule has 0 aliphatic heterocycles. The van der Waals surface area contributed by atoms with Gasteiger partial charge in [0.15, 0.2) is 11.4 Å². The largest absolute Gasteiger partial charge is 0.487 e. The van der Waals surface area contributed by atoms with Gasteiger partial charge in [-0.15, -0.1) is 0 Å². The van der Waals surface area contributed by atoms with Crippen LogP contribution < -0.4 is 20.9 Å².